The average molecular weight is 358 g/mol. The van der Waals surface area contributed by atoms with Crippen molar-refractivity contribution in [2.75, 3.05) is 20.2 Å². The van der Waals surface area contributed by atoms with Crippen LogP contribution in [0.4, 0.5) is 0 Å². The van der Waals surface area contributed by atoms with Gasteiger partial charge in [-0.2, -0.15) is 0 Å². The molecule has 0 fully saturated rings. The van der Waals surface area contributed by atoms with E-state index in [-0.39, 0.29) is 6.04 Å². The van der Waals surface area contributed by atoms with Crippen LogP contribution in [0, 0.1) is 0 Å². The number of aromatic nitrogens is 2. The minimum absolute atomic E-state index is 0.00655. The van der Waals surface area contributed by atoms with Crippen molar-refractivity contribution in [3.05, 3.63) is 65.5 Å². The second kappa shape index (κ2) is 8.14. The van der Waals surface area contributed by atoms with Gasteiger partial charge in [0.15, 0.2) is 0 Å². The van der Waals surface area contributed by atoms with Gasteiger partial charge in [0.1, 0.15) is 12.4 Å². The summed E-state index contributed by atoms with van der Waals surface area (Å²) in [6.07, 6.45) is 0. The molecule has 0 saturated carbocycles. The zero-order chi connectivity index (χ0) is 17.6. The Morgan fingerprint density at radius 2 is 1.92 bits per heavy atom. The van der Waals surface area contributed by atoms with Crippen LogP contribution in [0.1, 0.15) is 18.9 Å². The molecule has 0 aliphatic carbocycles. The van der Waals surface area contributed by atoms with Gasteiger partial charge in [-0.3, -0.25) is 4.90 Å². The smallest absolute Gasteiger partial charge is 0.247 e. The lowest BCUT2D eigenvalue weighted by molar-refractivity contribution is 0.182. The molecule has 0 aliphatic heterocycles. The summed E-state index contributed by atoms with van der Waals surface area (Å²) in [7, 11) is 2.00. The molecule has 0 N–H and O–H groups in total. The molecule has 1 heterocycles. The lowest BCUT2D eigenvalue weighted by Gasteiger charge is -2.21. The third-order valence-corrected chi connectivity index (χ3v) is 4.22. The standard InChI is InChI=1S/C19H20ClN3O2/c1-14(18-21-22-19(25-18)15-7-4-3-5-8-15)23(2)11-12-24-17-10-6-9-16(20)13-17/h3-10,13-14H,11-12H2,1-2H3. The Bertz CT molecular complexity index is 807. The topological polar surface area (TPSA) is 51.4 Å². The van der Waals surface area contributed by atoms with Crippen LogP contribution >= 0.6 is 11.6 Å². The van der Waals surface area contributed by atoms with Crippen LogP contribution in [0.5, 0.6) is 5.75 Å². The number of hydrogen-bond donors (Lipinski definition) is 0. The summed E-state index contributed by atoms with van der Waals surface area (Å²) in [6.45, 7) is 3.29. The molecule has 0 saturated heterocycles. The molecule has 6 heteroatoms. The van der Waals surface area contributed by atoms with Gasteiger partial charge in [0.05, 0.1) is 6.04 Å². The van der Waals surface area contributed by atoms with E-state index in [1.807, 2.05) is 62.5 Å². The van der Waals surface area contributed by atoms with Crippen LogP contribution in [-0.4, -0.2) is 35.3 Å². The monoisotopic (exact) mass is 357 g/mol. The number of ether oxygens (including phenoxy) is 1. The Morgan fingerprint density at radius 3 is 2.68 bits per heavy atom. The Hall–Kier alpha value is -2.37. The maximum atomic E-state index is 5.95. The van der Waals surface area contributed by atoms with Crippen LogP contribution in [0.3, 0.4) is 0 Å². The number of halogens is 1. The molecule has 3 aromatic rings. The number of hydrogen-bond acceptors (Lipinski definition) is 5. The van der Waals surface area contributed by atoms with E-state index in [2.05, 4.69) is 15.1 Å². The van der Waals surface area contributed by atoms with E-state index < -0.39 is 0 Å². The largest absolute Gasteiger partial charge is 0.492 e. The predicted molar refractivity (Wildman–Crippen MR) is 97.7 cm³/mol. The van der Waals surface area contributed by atoms with Crippen LogP contribution in [0.2, 0.25) is 5.02 Å². The quantitative estimate of drug-likeness (QED) is 0.624. The number of likely N-dealkylation sites (N-methyl/N-ethyl adjacent to an activating group) is 1. The molecule has 0 spiro atoms. The minimum Gasteiger partial charge on any atom is -0.492 e. The minimum atomic E-state index is -0.00655. The maximum absolute atomic E-state index is 5.95. The summed E-state index contributed by atoms with van der Waals surface area (Å²) < 4.78 is 11.5. The molecule has 0 aliphatic rings. The van der Waals surface area contributed by atoms with Gasteiger partial charge in [-0.25, -0.2) is 0 Å². The summed E-state index contributed by atoms with van der Waals surface area (Å²) in [5.74, 6) is 1.88. The molecule has 0 bridgehead atoms. The van der Waals surface area contributed by atoms with Crippen molar-refractivity contribution < 1.29 is 9.15 Å². The summed E-state index contributed by atoms with van der Waals surface area (Å²) in [6, 6.07) is 17.1. The van der Waals surface area contributed by atoms with E-state index in [4.69, 9.17) is 20.8 Å². The van der Waals surface area contributed by atoms with Gasteiger partial charge in [0.25, 0.3) is 0 Å². The molecular weight excluding hydrogens is 338 g/mol. The predicted octanol–water partition coefficient (Wildman–Crippen LogP) is 4.46. The van der Waals surface area contributed by atoms with Gasteiger partial charge in [-0.15, -0.1) is 10.2 Å². The first-order valence-electron chi connectivity index (χ1n) is 8.11. The molecule has 0 amide bonds. The highest BCUT2D eigenvalue weighted by atomic mass is 35.5. The maximum Gasteiger partial charge on any atom is 0.247 e. The molecule has 5 nitrogen and oxygen atoms in total. The SMILES string of the molecule is CC(c1nnc(-c2ccccc2)o1)N(C)CCOc1cccc(Cl)c1. The lowest BCUT2D eigenvalue weighted by atomic mass is 10.2. The molecular formula is C19H20ClN3O2. The van der Waals surface area contributed by atoms with E-state index in [0.717, 1.165) is 17.9 Å². The lowest BCUT2D eigenvalue weighted by Crippen LogP contribution is -2.27. The highest BCUT2D eigenvalue weighted by Crippen LogP contribution is 2.23. The van der Waals surface area contributed by atoms with Crippen LogP contribution in [-0.2, 0) is 0 Å². The molecule has 1 unspecified atom stereocenters. The van der Waals surface area contributed by atoms with Gasteiger partial charge in [-0.1, -0.05) is 35.9 Å². The Labute approximate surface area is 152 Å². The average Bonchev–Trinajstić information content (AvgIpc) is 3.12. The van der Waals surface area contributed by atoms with E-state index in [1.54, 1.807) is 6.07 Å². The second-order valence-corrected chi connectivity index (χ2v) is 6.21. The molecule has 0 radical (unpaired) electrons. The molecule has 130 valence electrons. The molecule has 3 rings (SSSR count). The molecule has 25 heavy (non-hydrogen) atoms. The Kier molecular flexibility index (Phi) is 5.68. The Morgan fingerprint density at radius 1 is 1.12 bits per heavy atom. The second-order valence-electron chi connectivity index (χ2n) is 5.77. The van der Waals surface area contributed by atoms with Crippen molar-refractivity contribution in [1.29, 1.82) is 0 Å². The number of rotatable bonds is 7. The first-order valence-corrected chi connectivity index (χ1v) is 8.48. The normalized spacial score (nSPS) is 12.3. The zero-order valence-electron chi connectivity index (χ0n) is 14.2. The van der Waals surface area contributed by atoms with Crippen molar-refractivity contribution >= 4 is 11.6 Å². The summed E-state index contributed by atoms with van der Waals surface area (Å²) in [5, 5.41) is 8.98. The first-order chi connectivity index (χ1) is 12.1. The van der Waals surface area contributed by atoms with Gasteiger partial charge >= 0.3 is 0 Å². The van der Waals surface area contributed by atoms with E-state index >= 15 is 0 Å². The van der Waals surface area contributed by atoms with Crippen LogP contribution in [0.25, 0.3) is 11.5 Å². The Balaban J connectivity index is 1.55. The van der Waals surface area contributed by atoms with Crippen LogP contribution < -0.4 is 4.74 Å². The number of benzene rings is 2. The third-order valence-electron chi connectivity index (χ3n) is 3.99. The molecule has 2 aromatic carbocycles. The van der Waals surface area contributed by atoms with Crippen molar-refractivity contribution in [3.63, 3.8) is 0 Å². The summed E-state index contributed by atoms with van der Waals surface area (Å²) in [5.41, 5.74) is 0.917. The fourth-order valence-corrected chi connectivity index (χ4v) is 2.53. The van der Waals surface area contributed by atoms with E-state index in [9.17, 15) is 0 Å². The highest BCUT2D eigenvalue weighted by molar-refractivity contribution is 6.30. The van der Waals surface area contributed by atoms with Gasteiger partial charge in [0.2, 0.25) is 11.8 Å². The van der Waals surface area contributed by atoms with E-state index in [0.29, 0.717) is 23.4 Å². The summed E-state index contributed by atoms with van der Waals surface area (Å²) >= 11 is 5.95. The van der Waals surface area contributed by atoms with Crippen molar-refractivity contribution in [3.8, 4) is 17.2 Å². The fourth-order valence-electron chi connectivity index (χ4n) is 2.35. The summed E-state index contributed by atoms with van der Waals surface area (Å²) in [4.78, 5) is 2.10. The zero-order valence-corrected chi connectivity index (χ0v) is 15.0. The molecule has 1 atom stereocenters. The fraction of sp³-hybridized carbons (Fsp3) is 0.263. The van der Waals surface area contributed by atoms with Crippen molar-refractivity contribution in [2.45, 2.75) is 13.0 Å². The van der Waals surface area contributed by atoms with E-state index in [1.165, 1.54) is 0 Å². The van der Waals surface area contributed by atoms with Gasteiger partial charge < -0.3 is 9.15 Å². The first kappa shape index (κ1) is 17.5. The molecule has 1 aromatic heterocycles. The highest BCUT2D eigenvalue weighted by Gasteiger charge is 2.19. The van der Waals surface area contributed by atoms with Gasteiger partial charge in [0, 0.05) is 17.1 Å². The van der Waals surface area contributed by atoms with Gasteiger partial charge in [-0.05, 0) is 44.3 Å². The number of nitrogens with zero attached hydrogens (tertiary/aromatic N) is 3. The third kappa shape index (κ3) is 4.59. The van der Waals surface area contributed by atoms with Crippen LogP contribution in [0.15, 0.2) is 59.0 Å². The van der Waals surface area contributed by atoms with Crippen molar-refractivity contribution in [1.82, 2.24) is 15.1 Å². The van der Waals surface area contributed by atoms with Crippen molar-refractivity contribution in [2.24, 2.45) is 0 Å².